The number of amides is 1. The van der Waals surface area contributed by atoms with Crippen molar-refractivity contribution in [3.8, 4) is 0 Å². The number of rotatable bonds is 3. The fraction of sp³-hybridized carbons (Fsp3) is 0.333. The number of nitrogens with one attached hydrogen (secondary N) is 1. The molecule has 1 saturated heterocycles. The summed E-state index contributed by atoms with van der Waals surface area (Å²) in [5.74, 6) is -0.159. The van der Waals surface area contributed by atoms with Crippen LogP contribution in [0.15, 0.2) is 48.5 Å². The summed E-state index contributed by atoms with van der Waals surface area (Å²) in [7, 11) is 0. The molecule has 1 fully saturated rings. The van der Waals surface area contributed by atoms with Gasteiger partial charge in [0, 0.05) is 18.5 Å². The lowest BCUT2D eigenvalue weighted by molar-refractivity contribution is -0.137. The molecule has 0 aliphatic carbocycles. The number of hydrogen-bond donors (Lipinski definition) is 2. The van der Waals surface area contributed by atoms with Crippen molar-refractivity contribution in [2.75, 3.05) is 18.4 Å². The van der Waals surface area contributed by atoms with Gasteiger partial charge in [0.25, 0.3) is 5.91 Å². The summed E-state index contributed by atoms with van der Waals surface area (Å²) in [6, 6.07) is 11.1. The second-order valence-corrected chi connectivity index (χ2v) is 9.19. The normalized spacial score (nSPS) is 19.5. The molecule has 0 unspecified atom stereocenters. The number of fused-ring (bicyclic) bond motifs is 3. The number of hydrogen-bond acceptors (Lipinski definition) is 6. The highest BCUT2D eigenvalue weighted by molar-refractivity contribution is 7.71. The molecule has 0 spiro atoms. The predicted molar refractivity (Wildman–Crippen MR) is 124 cm³/mol. The molecule has 1 aromatic heterocycles. The third kappa shape index (κ3) is 4.19. The third-order valence-electron chi connectivity index (χ3n) is 6.67. The smallest absolute Gasteiger partial charge is 0.385 e. The average molecular weight is 503 g/mol. The van der Waals surface area contributed by atoms with Gasteiger partial charge in [0.15, 0.2) is 0 Å². The molecule has 0 radical (unpaired) electrons. The van der Waals surface area contributed by atoms with Gasteiger partial charge < -0.3 is 15.3 Å². The molecule has 3 aromatic rings. The Balaban J connectivity index is 1.28. The summed E-state index contributed by atoms with van der Waals surface area (Å²) in [5, 5.41) is 14.8. The van der Waals surface area contributed by atoms with Gasteiger partial charge in [-0.25, -0.2) is 9.55 Å². The SMILES string of the molecule is O=C(C[C@@H]1Nc2c3ccccc3nc(=S)n2C1=O)N1CCC(O)(c2cccc(C(F)(F)F)c2)CC1. The molecule has 3 heterocycles. The number of para-hydroxylation sites is 1. The third-order valence-corrected chi connectivity index (χ3v) is 6.94. The van der Waals surface area contributed by atoms with Crippen molar-refractivity contribution < 1.29 is 27.9 Å². The Morgan fingerprint density at radius 2 is 1.89 bits per heavy atom. The summed E-state index contributed by atoms with van der Waals surface area (Å²) in [4.78, 5) is 31.8. The van der Waals surface area contributed by atoms with Gasteiger partial charge in [-0.1, -0.05) is 24.3 Å². The molecule has 1 atom stereocenters. The molecule has 1 amide bonds. The lowest BCUT2D eigenvalue weighted by atomic mass is 9.83. The summed E-state index contributed by atoms with van der Waals surface area (Å²) >= 11 is 5.28. The van der Waals surface area contributed by atoms with E-state index in [-0.39, 0.29) is 54.5 Å². The number of anilines is 1. The van der Waals surface area contributed by atoms with Crippen LogP contribution in [0.1, 0.15) is 35.2 Å². The van der Waals surface area contributed by atoms with Crippen molar-refractivity contribution >= 4 is 40.8 Å². The summed E-state index contributed by atoms with van der Waals surface area (Å²) in [6.45, 7) is 0.312. The molecule has 2 aromatic carbocycles. The molecular formula is C24H21F3N4O3S. The number of carbonyl (C=O) groups excluding carboxylic acids is 2. The van der Waals surface area contributed by atoms with Crippen LogP contribution in [0.4, 0.5) is 19.0 Å². The molecule has 0 bridgehead atoms. The number of carbonyl (C=O) groups is 2. The second-order valence-electron chi connectivity index (χ2n) is 8.83. The Bertz CT molecular complexity index is 1400. The number of alkyl halides is 3. The molecule has 0 saturated carbocycles. The quantitative estimate of drug-likeness (QED) is 0.524. The molecule has 35 heavy (non-hydrogen) atoms. The summed E-state index contributed by atoms with van der Waals surface area (Å²) < 4.78 is 40.7. The first-order valence-electron chi connectivity index (χ1n) is 11.1. The van der Waals surface area contributed by atoms with Crippen molar-refractivity contribution in [2.45, 2.75) is 37.1 Å². The number of halogens is 3. The number of likely N-dealkylation sites (tertiary alicyclic amines) is 1. The van der Waals surface area contributed by atoms with E-state index in [0.717, 1.165) is 12.1 Å². The molecule has 182 valence electrons. The number of piperidine rings is 1. The first-order chi connectivity index (χ1) is 16.6. The molecule has 2 aliphatic rings. The van der Waals surface area contributed by atoms with Crippen molar-refractivity contribution in [1.82, 2.24) is 14.5 Å². The standard InChI is InChI=1S/C24H21F3N4O3S/c25-24(26,27)15-5-3-4-14(12-15)23(34)8-10-30(11-9-23)19(32)13-18-21(33)31-20(28-18)16-6-1-2-7-17(16)29-22(31)35/h1-7,12,18,28,34H,8-11,13H2/t18-/m0/s1. The van der Waals surface area contributed by atoms with Crippen LogP contribution < -0.4 is 5.32 Å². The maximum atomic E-state index is 13.1. The van der Waals surface area contributed by atoms with Crippen LogP contribution in [0, 0.1) is 4.77 Å². The van der Waals surface area contributed by atoms with Gasteiger partial charge in [0.2, 0.25) is 10.7 Å². The minimum absolute atomic E-state index is 0.0892. The zero-order valence-corrected chi connectivity index (χ0v) is 19.2. The zero-order chi connectivity index (χ0) is 25.0. The van der Waals surface area contributed by atoms with Crippen LogP contribution in [-0.4, -0.2) is 50.5 Å². The maximum Gasteiger partial charge on any atom is 0.416 e. The zero-order valence-electron chi connectivity index (χ0n) is 18.4. The Morgan fingerprint density at radius 1 is 1.17 bits per heavy atom. The van der Waals surface area contributed by atoms with Crippen LogP contribution in [0.2, 0.25) is 0 Å². The van der Waals surface area contributed by atoms with E-state index in [0.29, 0.717) is 16.7 Å². The van der Waals surface area contributed by atoms with E-state index in [1.807, 2.05) is 18.2 Å². The van der Waals surface area contributed by atoms with Gasteiger partial charge in [-0.2, -0.15) is 13.2 Å². The van der Waals surface area contributed by atoms with E-state index in [1.54, 1.807) is 6.07 Å². The number of nitrogens with zero attached hydrogens (tertiary/aromatic N) is 3. The van der Waals surface area contributed by atoms with Gasteiger partial charge >= 0.3 is 6.18 Å². The van der Waals surface area contributed by atoms with Crippen molar-refractivity contribution in [3.05, 3.63) is 64.4 Å². The molecule has 2 aliphatic heterocycles. The van der Waals surface area contributed by atoms with Gasteiger partial charge in [-0.3, -0.25) is 9.59 Å². The Labute approximate surface area is 203 Å². The van der Waals surface area contributed by atoms with Crippen LogP contribution in [0.5, 0.6) is 0 Å². The lowest BCUT2D eigenvalue weighted by Gasteiger charge is -2.39. The average Bonchev–Trinajstić information content (AvgIpc) is 3.16. The predicted octanol–water partition coefficient (Wildman–Crippen LogP) is 4.12. The number of aromatic nitrogens is 2. The van der Waals surface area contributed by atoms with E-state index in [9.17, 15) is 27.9 Å². The minimum Gasteiger partial charge on any atom is -0.385 e. The fourth-order valence-corrected chi connectivity index (χ4v) is 4.99. The number of benzene rings is 2. The Morgan fingerprint density at radius 3 is 2.60 bits per heavy atom. The van der Waals surface area contributed by atoms with Crippen LogP contribution in [0.3, 0.4) is 0 Å². The first-order valence-corrected chi connectivity index (χ1v) is 11.5. The highest BCUT2D eigenvalue weighted by Crippen LogP contribution is 2.37. The molecule has 5 rings (SSSR count). The molecule has 7 nitrogen and oxygen atoms in total. The Kier molecular flexibility index (Phi) is 5.64. The van der Waals surface area contributed by atoms with Gasteiger partial charge in [0.05, 0.1) is 23.1 Å². The van der Waals surface area contributed by atoms with E-state index in [4.69, 9.17) is 12.2 Å². The van der Waals surface area contributed by atoms with Crippen molar-refractivity contribution in [1.29, 1.82) is 0 Å². The van der Waals surface area contributed by atoms with Crippen LogP contribution in [0.25, 0.3) is 10.9 Å². The monoisotopic (exact) mass is 502 g/mol. The number of aliphatic hydroxyl groups is 1. The second kappa shape index (κ2) is 8.42. The molecule has 2 N–H and O–H groups in total. The Hall–Kier alpha value is -3.31. The van der Waals surface area contributed by atoms with Gasteiger partial charge in [-0.05, 0) is 54.9 Å². The largest absolute Gasteiger partial charge is 0.416 e. The van der Waals surface area contributed by atoms with Crippen molar-refractivity contribution in [3.63, 3.8) is 0 Å². The van der Waals surface area contributed by atoms with Gasteiger partial charge in [0.1, 0.15) is 11.9 Å². The van der Waals surface area contributed by atoms with Gasteiger partial charge in [-0.15, -0.1) is 0 Å². The topological polar surface area (TPSA) is 87.5 Å². The highest BCUT2D eigenvalue weighted by atomic mass is 32.1. The minimum atomic E-state index is -4.51. The summed E-state index contributed by atoms with van der Waals surface area (Å²) in [6.07, 6.45) is -4.45. The lowest BCUT2D eigenvalue weighted by Crippen LogP contribution is -2.46. The summed E-state index contributed by atoms with van der Waals surface area (Å²) in [5.41, 5.74) is -1.47. The highest BCUT2D eigenvalue weighted by Gasteiger charge is 2.39. The van der Waals surface area contributed by atoms with Crippen LogP contribution in [-0.2, 0) is 16.6 Å². The first kappa shape index (κ1) is 23.4. The van der Waals surface area contributed by atoms with E-state index < -0.39 is 23.4 Å². The maximum absolute atomic E-state index is 13.1. The van der Waals surface area contributed by atoms with E-state index >= 15 is 0 Å². The van der Waals surface area contributed by atoms with Crippen LogP contribution >= 0.6 is 12.2 Å². The molecule has 11 heteroatoms. The molecular weight excluding hydrogens is 481 g/mol. The van der Waals surface area contributed by atoms with E-state index in [2.05, 4.69) is 10.3 Å². The van der Waals surface area contributed by atoms with E-state index in [1.165, 1.54) is 21.6 Å². The van der Waals surface area contributed by atoms with Crippen molar-refractivity contribution in [2.24, 2.45) is 0 Å². The fourth-order valence-electron chi connectivity index (χ4n) is 4.71.